The molecule has 0 amide bonds. The third-order valence-electron chi connectivity index (χ3n) is 3.62. The molecule has 0 heterocycles. The Balaban J connectivity index is 2.67. The van der Waals surface area contributed by atoms with E-state index in [-0.39, 0.29) is 6.04 Å². The summed E-state index contributed by atoms with van der Waals surface area (Å²) in [5, 5.41) is 12.5. The van der Waals surface area contributed by atoms with Gasteiger partial charge in [-0.1, -0.05) is 25.8 Å². The number of ether oxygens (including phenoxy) is 2. The lowest BCUT2D eigenvalue weighted by Gasteiger charge is -2.20. The van der Waals surface area contributed by atoms with E-state index in [0.29, 0.717) is 17.9 Å². The summed E-state index contributed by atoms with van der Waals surface area (Å²) < 4.78 is 10.5. The molecule has 0 spiro atoms. The molecule has 2 atom stereocenters. The Kier molecular flexibility index (Phi) is 7.74. The minimum atomic E-state index is -0.785. The second-order valence-electron chi connectivity index (χ2n) is 5.49. The van der Waals surface area contributed by atoms with E-state index in [0.717, 1.165) is 24.8 Å². The number of unbranched alkanes of at least 4 members (excludes halogenated alkanes) is 1. The monoisotopic (exact) mass is 309 g/mol. The van der Waals surface area contributed by atoms with Gasteiger partial charge in [0.05, 0.1) is 14.2 Å². The molecule has 0 bridgehead atoms. The van der Waals surface area contributed by atoms with Crippen LogP contribution in [-0.2, 0) is 11.2 Å². The summed E-state index contributed by atoms with van der Waals surface area (Å²) >= 11 is 0. The number of nitrogens with one attached hydrogen (secondary N) is 1. The topological polar surface area (TPSA) is 67.8 Å². The maximum atomic E-state index is 11.3. The molecule has 0 saturated heterocycles. The quantitative estimate of drug-likeness (QED) is 0.695. The van der Waals surface area contributed by atoms with Crippen LogP contribution in [0.15, 0.2) is 18.2 Å². The Morgan fingerprint density at radius 1 is 1.27 bits per heavy atom. The van der Waals surface area contributed by atoms with Crippen LogP contribution in [0.3, 0.4) is 0 Å². The highest BCUT2D eigenvalue weighted by Gasteiger charge is 2.19. The van der Waals surface area contributed by atoms with Gasteiger partial charge in [-0.3, -0.25) is 4.79 Å². The largest absolute Gasteiger partial charge is 0.493 e. The van der Waals surface area contributed by atoms with Gasteiger partial charge in [0.1, 0.15) is 6.04 Å². The molecule has 0 aliphatic carbocycles. The van der Waals surface area contributed by atoms with Crippen LogP contribution in [0.25, 0.3) is 0 Å². The van der Waals surface area contributed by atoms with Crippen molar-refractivity contribution in [3.8, 4) is 11.5 Å². The Labute approximate surface area is 132 Å². The predicted molar refractivity (Wildman–Crippen MR) is 86.8 cm³/mol. The minimum absolute atomic E-state index is 0.0658. The van der Waals surface area contributed by atoms with E-state index in [4.69, 9.17) is 9.47 Å². The third kappa shape index (κ3) is 5.56. The predicted octanol–water partition coefficient (Wildman–Crippen LogP) is 2.87. The van der Waals surface area contributed by atoms with Crippen LogP contribution < -0.4 is 14.8 Å². The first-order valence-electron chi connectivity index (χ1n) is 7.71. The highest BCUT2D eigenvalue weighted by molar-refractivity contribution is 5.73. The molecule has 0 saturated carbocycles. The van der Waals surface area contributed by atoms with Crippen LogP contribution in [0.1, 0.15) is 38.7 Å². The Morgan fingerprint density at radius 2 is 1.95 bits per heavy atom. The van der Waals surface area contributed by atoms with Crippen molar-refractivity contribution in [2.75, 3.05) is 14.2 Å². The molecule has 1 aromatic carbocycles. The number of benzene rings is 1. The van der Waals surface area contributed by atoms with Crippen LogP contribution in [0, 0.1) is 0 Å². The molecule has 2 N–H and O–H groups in total. The summed E-state index contributed by atoms with van der Waals surface area (Å²) in [6, 6.07) is 5.35. The van der Waals surface area contributed by atoms with E-state index in [1.165, 1.54) is 0 Å². The van der Waals surface area contributed by atoms with E-state index in [1.807, 2.05) is 25.1 Å². The van der Waals surface area contributed by atoms with Crippen LogP contribution in [0.2, 0.25) is 0 Å². The molecular weight excluding hydrogens is 282 g/mol. The smallest absolute Gasteiger partial charge is 0.320 e. The third-order valence-corrected chi connectivity index (χ3v) is 3.62. The molecule has 124 valence electrons. The van der Waals surface area contributed by atoms with Gasteiger partial charge in [-0.05, 0) is 37.5 Å². The van der Waals surface area contributed by atoms with Crippen molar-refractivity contribution in [3.05, 3.63) is 23.8 Å². The van der Waals surface area contributed by atoms with E-state index in [1.54, 1.807) is 14.2 Å². The minimum Gasteiger partial charge on any atom is -0.493 e. The molecular formula is C17H27NO4. The van der Waals surface area contributed by atoms with Crippen molar-refractivity contribution in [1.29, 1.82) is 0 Å². The Bertz CT molecular complexity index is 476. The van der Waals surface area contributed by atoms with Gasteiger partial charge in [0.15, 0.2) is 11.5 Å². The molecule has 1 aromatic rings. The summed E-state index contributed by atoms with van der Waals surface area (Å²) in [5.74, 6) is 0.596. The van der Waals surface area contributed by atoms with E-state index in [9.17, 15) is 9.90 Å². The highest BCUT2D eigenvalue weighted by Crippen LogP contribution is 2.28. The van der Waals surface area contributed by atoms with Gasteiger partial charge in [0, 0.05) is 6.04 Å². The van der Waals surface area contributed by atoms with Crippen molar-refractivity contribution in [2.24, 2.45) is 0 Å². The van der Waals surface area contributed by atoms with Crippen molar-refractivity contribution < 1.29 is 19.4 Å². The zero-order chi connectivity index (χ0) is 16.5. The Hall–Kier alpha value is -1.75. The molecule has 5 nitrogen and oxygen atoms in total. The second-order valence-corrected chi connectivity index (χ2v) is 5.49. The van der Waals surface area contributed by atoms with Gasteiger partial charge in [-0.2, -0.15) is 0 Å². The lowest BCUT2D eigenvalue weighted by atomic mass is 10.0. The first kappa shape index (κ1) is 18.3. The van der Waals surface area contributed by atoms with Gasteiger partial charge < -0.3 is 19.9 Å². The number of carboxylic acids is 1. The van der Waals surface area contributed by atoms with Crippen LogP contribution in [0.5, 0.6) is 11.5 Å². The van der Waals surface area contributed by atoms with Gasteiger partial charge in [0.2, 0.25) is 0 Å². The van der Waals surface area contributed by atoms with Crippen LogP contribution in [-0.4, -0.2) is 37.4 Å². The molecule has 0 aliphatic heterocycles. The molecule has 0 aromatic heterocycles. The average molecular weight is 309 g/mol. The van der Waals surface area contributed by atoms with E-state index < -0.39 is 12.0 Å². The standard InChI is InChI=1S/C17H27NO4/c1-5-6-7-14(17(19)20)18-12(2)10-13-8-9-15(21-3)16(11-13)22-4/h8-9,11-12,14,18H,5-7,10H2,1-4H3,(H,19,20)/t12?,14-/m0/s1. The number of methoxy groups -OCH3 is 2. The number of hydrogen-bond acceptors (Lipinski definition) is 4. The van der Waals surface area contributed by atoms with Crippen molar-refractivity contribution in [1.82, 2.24) is 5.32 Å². The molecule has 0 aliphatic rings. The summed E-state index contributed by atoms with van der Waals surface area (Å²) in [5.41, 5.74) is 1.08. The fraction of sp³-hybridized carbons (Fsp3) is 0.588. The fourth-order valence-corrected chi connectivity index (χ4v) is 2.45. The maximum absolute atomic E-state index is 11.3. The fourth-order valence-electron chi connectivity index (χ4n) is 2.45. The van der Waals surface area contributed by atoms with Crippen molar-refractivity contribution in [3.63, 3.8) is 0 Å². The molecule has 0 fully saturated rings. The van der Waals surface area contributed by atoms with E-state index >= 15 is 0 Å². The summed E-state index contributed by atoms with van der Waals surface area (Å²) in [6.07, 6.45) is 3.29. The first-order valence-corrected chi connectivity index (χ1v) is 7.71. The summed E-state index contributed by atoms with van der Waals surface area (Å²) in [4.78, 5) is 11.3. The lowest BCUT2D eigenvalue weighted by molar-refractivity contribution is -0.139. The van der Waals surface area contributed by atoms with Gasteiger partial charge in [-0.15, -0.1) is 0 Å². The van der Waals surface area contributed by atoms with Gasteiger partial charge in [-0.25, -0.2) is 0 Å². The molecule has 22 heavy (non-hydrogen) atoms. The van der Waals surface area contributed by atoms with Crippen molar-refractivity contribution >= 4 is 5.97 Å². The zero-order valence-corrected chi connectivity index (χ0v) is 13.9. The average Bonchev–Trinajstić information content (AvgIpc) is 2.50. The molecule has 0 radical (unpaired) electrons. The number of carbonyl (C=O) groups is 1. The molecule has 1 unspecified atom stereocenters. The Morgan fingerprint density at radius 3 is 2.50 bits per heavy atom. The molecule has 5 heteroatoms. The number of aliphatic carboxylic acids is 1. The summed E-state index contributed by atoms with van der Waals surface area (Å²) in [6.45, 7) is 4.06. The number of rotatable bonds is 10. The SMILES string of the molecule is CCCC[C@H](NC(C)Cc1ccc(OC)c(OC)c1)C(=O)O. The van der Waals surface area contributed by atoms with Gasteiger partial charge >= 0.3 is 5.97 Å². The summed E-state index contributed by atoms with van der Waals surface area (Å²) in [7, 11) is 3.21. The molecule has 1 rings (SSSR count). The first-order chi connectivity index (χ1) is 10.5. The number of carboxylic acid groups (broad SMARTS) is 1. The lowest BCUT2D eigenvalue weighted by Crippen LogP contribution is -2.42. The van der Waals surface area contributed by atoms with Gasteiger partial charge in [0.25, 0.3) is 0 Å². The van der Waals surface area contributed by atoms with Crippen molar-refractivity contribution in [2.45, 2.75) is 51.6 Å². The highest BCUT2D eigenvalue weighted by atomic mass is 16.5. The number of hydrogen-bond donors (Lipinski definition) is 2. The van der Waals surface area contributed by atoms with E-state index in [2.05, 4.69) is 12.2 Å². The second kappa shape index (κ2) is 9.30. The zero-order valence-electron chi connectivity index (χ0n) is 13.9. The normalized spacial score (nSPS) is 13.5. The van der Waals surface area contributed by atoms with Crippen LogP contribution >= 0.6 is 0 Å². The van der Waals surface area contributed by atoms with Crippen LogP contribution in [0.4, 0.5) is 0 Å². The maximum Gasteiger partial charge on any atom is 0.320 e.